The molecule has 0 bridgehead atoms. The van der Waals surface area contributed by atoms with E-state index in [1.807, 2.05) is 54.6 Å². The maximum atomic E-state index is 12.6. The summed E-state index contributed by atoms with van der Waals surface area (Å²) in [4.78, 5) is 21.7. The molecule has 0 aliphatic carbocycles. The van der Waals surface area contributed by atoms with Crippen molar-refractivity contribution in [2.24, 2.45) is 0 Å². The lowest BCUT2D eigenvalue weighted by Gasteiger charge is -2.08. The third-order valence-electron chi connectivity index (χ3n) is 4.64. The Labute approximate surface area is 166 Å². The maximum Gasteiger partial charge on any atom is 0.225 e. The molecule has 1 amide bonds. The highest BCUT2D eigenvalue weighted by Crippen LogP contribution is 2.24. The Morgan fingerprint density at radius 1 is 0.966 bits per heavy atom. The number of nitrogens with one attached hydrogen (secondary N) is 1. The van der Waals surface area contributed by atoms with Crippen molar-refractivity contribution < 1.29 is 9.21 Å². The summed E-state index contributed by atoms with van der Waals surface area (Å²) in [6.45, 7) is 0. The van der Waals surface area contributed by atoms with E-state index < -0.39 is 0 Å². The minimum Gasteiger partial charge on any atom is -0.461 e. The number of fused-ring (bicyclic) bond motifs is 3. The summed E-state index contributed by atoms with van der Waals surface area (Å²) < 4.78 is 7.11. The van der Waals surface area contributed by atoms with Gasteiger partial charge in [-0.15, -0.1) is 5.10 Å². The molecule has 0 spiro atoms. The van der Waals surface area contributed by atoms with Crippen molar-refractivity contribution in [2.75, 3.05) is 5.32 Å². The van der Waals surface area contributed by atoms with Crippen LogP contribution in [0.2, 0.25) is 0 Å². The van der Waals surface area contributed by atoms with Crippen LogP contribution in [-0.2, 0) is 11.2 Å². The Hall–Kier alpha value is -4.00. The van der Waals surface area contributed by atoms with Crippen molar-refractivity contribution in [3.8, 4) is 11.6 Å². The monoisotopic (exact) mass is 383 g/mol. The predicted octanol–water partition coefficient (Wildman–Crippen LogP) is 4.11. The van der Waals surface area contributed by atoms with E-state index in [0.717, 1.165) is 11.1 Å². The molecular weight excluding hydrogens is 366 g/mol. The van der Waals surface area contributed by atoms with Crippen LogP contribution in [0.3, 0.4) is 0 Å². The van der Waals surface area contributed by atoms with Crippen molar-refractivity contribution in [2.45, 2.75) is 12.8 Å². The minimum absolute atomic E-state index is 0.124. The quantitative estimate of drug-likeness (QED) is 0.494. The molecule has 0 atom stereocenters. The molecular formula is C22H17N5O2. The van der Waals surface area contributed by atoms with E-state index in [9.17, 15) is 4.79 Å². The number of aryl methyl sites for hydroxylation is 1. The summed E-state index contributed by atoms with van der Waals surface area (Å²) in [5.41, 5.74) is 3.11. The zero-order valence-corrected chi connectivity index (χ0v) is 15.4. The van der Waals surface area contributed by atoms with Crippen LogP contribution in [0.1, 0.15) is 12.0 Å². The van der Waals surface area contributed by atoms with Crippen LogP contribution in [0.5, 0.6) is 0 Å². The van der Waals surface area contributed by atoms with Crippen LogP contribution in [0.25, 0.3) is 28.3 Å². The fourth-order valence-electron chi connectivity index (χ4n) is 3.23. The molecule has 29 heavy (non-hydrogen) atoms. The van der Waals surface area contributed by atoms with Crippen molar-refractivity contribution in [1.82, 2.24) is 19.6 Å². The summed E-state index contributed by atoms with van der Waals surface area (Å²) in [5.74, 6) is 1.25. The van der Waals surface area contributed by atoms with Gasteiger partial charge in [-0.2, -0.15) is 0 Å². The van der Waals surface area contributed by atoms with Gasteiger partial charge in [-0.25, -0.2) is 14.5 Å². The van der Waals surface area contributed by atoms with Gasteiger partial charge in [0, 0.05) is 6.42 Å². The first-order valence-electron chi connectivity index (χ1n) is 9.31. The number of furan rings is 1. The summed E-state index contributed by atoms with van der Waals surface area (Å²) in [6.07, 6.45) is 2.58. The second kappa shape index (κ2) is 7.20. The first-order chi connectivity index (χ1) is 14.3. The van der Waals surface area contributed by atoms with E-state index in [1.54, 1.807) is 22.9 Å². The van der Waals surface area contributed by atoms with Crippen LogP contribution in [-0.4, -0.2) is 25.5 Å². The normalized spacial score (nSPS) is 11.2. The molecule has 0 fully saturated rings. The summed E-state index contributed by atoms with van der Waals surface area (Å²) in [6, 6.07) is 21.1. The van der Waals surface area contributed by atoms with Crippen LogP contribution in [0, 0.1) is 0 Å². The Balaban J connectivity index is 1.50. The molecule has 7 nitrogen and oxygen atoms in total. The Morgan fingerprint density at radius 3 is 2.62 bits per heavy atom. The van der Waals surface area contributed by atoms with E-state index in [4.69, 9.17) is 4.42 Å². The average molecular weight is 383 g/mol. The molecule has 0 aliphatic rings. The summed E-state index contributed by atoms with van der Waals surface area (Å²) in [7, 11) is 0. The number of anilines is 1. The summed E-state index contributed by atoms with van der Waals surface area (Å²) >= 11 is 0. The highest BCUT2D eigenvalue weighted by Gasteiger charge is 2.17. The zero-order valence-electron chi connectivity index (χ0n) is 15.4. The number of aromatic nitrogens is 4. The van der Waals surface area contributed by atoms with Gasteiger partial charge >= 0.3 is 0 Å². The van der Waals surface area contributed by atoms with Gasteiger partial charge in [-0.1, -0.05) is 42.5 Å². The van der Waals surface area contributed by atoms with Gasteiger partial charge in [0.25, 0.3) is 0 Å². The molecule has 0 radical (unpaired) electrons. The lowest BCUT2D eigenvalue weighted by atomic mass is 10.1. The Bertz CT molecular complexity index is 1290. The number of hydrogen-bond donors (Lipinski definition) is 1. The number of hydrogen-bond acceptors (Lipinski definition) is 5. The van der Waals surface area contributed by atoms with Crippen molar-refractivity contribution in [1.29, 1.82) is 0 Å². The van der Waals surface area contributed by atoms with E-state index in [-0.39, 0.29) is 5.91 Å². The van der Waals surface area contributed by atoms with Crippen molar-refractivity contribution >= 4 is 28.4 Å². The fourth-order valence-corrected chi connectivity index (χ4v) is 3.23. The molecule has 3 heterocycles. The van der Waals surface area contributed by atoms with Gasteiger partial charge in [0.15, 0.2) is 17.2 Å². The van der Waals surface area contributed by atoms with Crippen molar-refractivity contribution in [3.63, 3.8) is 0 Å². The van der Waals surface area contributed by atoms with E-state index in [2.05, 4.69) is 20.4 Å². The second-order valence-electron chi connectivity index (χ2n) is 6.63. The van der Waals surface area contributed by atoms with Crippen LogP contribution < -0.4 is 5.32 Å². The SMILES string of the molecule is O=C(CCc1ccccc1)Nc1nc2ccccc2n2nc(-c3ccco3)nc12. The highest BCUT2D eigenvalue weighted by molar-refractivity contribution is 5.95. The molecule has 2 aromatic carbocycles. The molecule has 0 saturated carbocycles. The van der Waals surface area contributed by atoms with Gasteiger partial charge in [0.2, 0.25) is 11.7 Å². The number of nitrogens with zero attached hydrogens (tertiary/aromatic N) is 4. The molecule has 5 aromatic rings. The third-order valence-corrected chi connectivity index (χ3v) is 4.64. The average Bonchev–Trinajstić information content (AvgIpc) is 3.43. The molecule has 3 aromatic heterocycles. The number of rotatable bonds is 5. The Morgan fingerprint density at radius 2 is 1.79 bits per heavy atom. The van der Waals surface area contributed by atoms with E-state index >= 15 is 0 Å². The smallest absolute Gasteiger partial charge is 0.225 e. The first-order valence-corrected chi connectivity index (χ1v) is 9.31. The predicted molar refractivity (Wildman–Crippen MR) is 109 cm³/mol. The molecule has 142 valence electrons. The Kier molecular flexibility index (Phi) is 4.25. The van der Waals surface area contributed by atoms with Gasteiger partial charge < -0.3 is 9.73 Å². The summed E-state index contributed by atoms with van der Waals surface area (Å²) in [5, 5.41) is 7.47. The first kappa shape index (κ1) is 17.1. The van der Waals surface area contributed by atoms with Crippen molar-refractivity contribution in [3.05, 3.63) is 78.6 Å². The van der Waals surface area contributed by atoms with Crippen LogP contribution in [0.15, 0.2) is 77.4 Å². The van der Waals surface area contributed by atoms with E-state index in [0.29, 0.717) is 41.4 Å². The van der Waals surface area contributed by atoms with Gasteiger partial charge in [0.1, 0.15) is 0 Å². The van der Waals surface area contributed by atoms with E-state index in [1.165, 1.54) is 0 Å². The van der Waals surface area contributed by atoms with Gasteiger partial charge in [-0.05, 0) is 36.2 Å². The maximum absolute atomic E-state index is 12.6. The molecule has 1 N–H and O–H groups in total. The lowest BCUT2D eigenvalue weighted by molar-refractivity contribution is -0.116. The largest absolute Gasteiger partial charge is 0.461 e. The van der Waals surface area contributed by atoms with Crippen LogP contribution in [0.4, 0.5) is 5.82 Å². The lowest BCUT2D eigenvalue weighted by Crippen LogP contribution is -2.15. The number of amides is 1. The zero-order chi connectivity index (χ0) is 19.6. The van der Waals surface area contributed by atoms with Gasteiger partial charge in [-0.3, -0.25) is 4.79 Å². The molecule has 7 heteroatoms. The standard InChI is InChI=1S/C22H17N5O2/c28-19(13-12-15-7-2-1-3-8-15)24-21-22-25-20(18-11-6-14-29-18)26-27(22)17-10-5-4-9-16(17)23-21/h1-11,14H,12-13H2,(H,23,24,28). The number of carbonyl (C=O) groups excluding carboxylic acids is 1. The van der Waals surface area contributed by atoms with Gasteiger partial charge in [0.05, 0.1) is 17.3 Å². The topological polar surface area (TPSA) is 85.3 Å². The third kappa shape index (κ3) is 3.34. The number of para-hydroxylation sites is 2. The van der Waals surface area contributed by atoms with Crippen LogP contribution >= 0.6 is 0 Å². The number of carbonyl (C=O) groups is 1. The highest BCUT2D eigenvalue weighted by atomic mass is 16.3. The molecule has 0 unspecified atom stereocenters. The minimum atomic E-state index is -0.124. The second-order valence-corrected chi connectivity index (χ2v) is 6.63. The fraction of sp³-hybridized carbons (Fsp3) is 0.0909. The number of benzene rings is 2. The molecule has 5 rings (SSSR count). The molecule has 0 saturated heterocycles. The molecule has 0 aliphatic heterocycles.